The van der Waals surface area contributed by atoms with Gasteiger partial charge in [0.2, 0.25) is 0 Å². The number of esters is 1. The molecule has 1 aliphatic carbocycles. The van der Waals surface area contributed by atoms with Gasteiger partial charge in [0.15, 0.2) is 17.3 Å². The minimum atomic E-state index is -0.731. The number of carbonyl (C=O) groups is 2. The lowest BCUT2D eigenvalue weighted by Gasteiger charge is -2.37. The highest BCUT2D eigenvalue weighted by atomic mass is 35.5. The van der Waals surface area contributed by atoms with Crippen LogP contribution in [0, 0.1) is 5.92 Å². The van der Waals surface area contributed by atoms with Crippen molar-refractivity contribution in [3.05, 3.63) is 69.9 Å². The number of halogens is 1. The number of ether oxygens (including phenoxy) is 3. The molecular weight excluding hydrogens is 442 g/mol. The topological polar surface area (TPSA) is 74.2 Å². The summed E-state index contributed by atoms with van der Waals surface area (Å²) < 4.78 is 16.3. The Morgan fingerprint density at radius 3 is 2.39 bits per heavy atom. The van der Waals surface area contributed by atoms with E-state index in [1.54, 1.807) is 27.2 Å². The maximum atomic E-state index is 13.6. The van der Waals surface area contributed by atoms with Crippen molar-refractivity contribution in [2.45, 2.75) is 31.6 Å². The summed E-state index contributed by atoms with van der Waals surface area (Å²) in [5.41, 5.74) is 3.61. The summed E-state index contributed by atoms with van der Waals surface area (Å²) in [7, 11) is 4.45. The van der Waals surface area contributed by atoms with Gasteiger partial charge in [0.05, 0.1) is 21.3 Å². The summed E-state index contributed by atoms with van der Waals surface area (Å²) in [6.45, 7) is 1.81. The molecule has 4 rings (SSSR count). The van der Waals surface area contributed by atoms with Crippen LogP contribution >= 0.6 is 11.6 Å². The first-order valence-electron chi connectivity index (χ1n) is 10.7. The minimum Gasteiger partial charge on any atom is -0.493 e. The van der Waals surface area contributed by atoms with Crippen LogP contribution in [0.15, 0.2) is 58.7 Å². The van der Waals surface area contributed by atoms with E-state index in [0.29, 0.717) is 51.9 Å². The molecule has 6 nitrogen and oxygen atoms in total. The van der Waals surface area contributed by atoms with E-state index in [0.717, 1.165) is 5.56 Å². The fourth-order valence-electron chi connectivity index (χ4n) is 4.96. The molecule has 0 saturated carbocycles. The van der Waals surface area contributed by atoms with Gasteiger partial charge in [-0.2, -0.15) is 0 Å². The molecule has 2 aromatic rings. The van der Waals surface area contributed by atoms with Crippen LogP contribution in [0.1, 0.15) is 42.7 Å². The highest BCUT2D eigenvalue weighted by Crippen LogP contribution is 2.50. The second-order valence-corrected chi connectivity index (χ2v) is 8.69. The molecule has 0 saturated heterocycles. The van der Waals surface area contributed by atoms with Gasteiger partial charge in [-0.25, -0.2) is 0 Å². The fourth-order valence-corrected chi connectivity index (χ4v) is 5.08. The van der Waals surface area contributed by atoms with Gasteiger partial charge in [0.25, 0.3) is 0 Å². The van der Waals surface area contributed by atoms with Crippen molar-refractivity contribution in [2.75, 3.05) is 21.3 Å². The van der Waals surface area contributed by atoms with Crippen LogP contribution in [0.25, 0.3) is 0 Å². The average molecular weight is 468 g/mol. The van der Waals surface area contributed by atoms with Crippen molar-refractivity contribution in [3.8, 4) is 11.5 Å². The molecule has 1 heterocycles. The molecule has 33 heavy (non-hydrogen) atoms. The van der Waals surface area contributed by atoms with Crippen LogP contribution < -0.4 is 9.47 Å². The number of nitrogens with zero attached hydrogens (tertiary/aromatic N) is 1. The zero-order chi connectivity index (χ0) is 23.7. The van der Waals surface area contributed by atoms with E-state index in [4.69, 9.17) is 30.8 Å². The van der Waals surface area contributed by atoms with Crippen molar-refractivity contribution < 1.29 is 23.8 Å². The van der Waals surface area contributed by atoms with Crippen molar-refractivity contribution in [2.24, 2.45) is 10.9 Å². The first kappa shape index (κ1) is 23.1. The number of para-hydroxylation sites is 1. The van der Waals surface area contributed by atoms with Crippen molar-refractivity contribution >= 4 is 29.1 Å². The fraction of sp³-hybridized carbons (Fsp3) is 0.346. The van der Waals surface area contributed by atoms with Gasteiger partial charge in [0, 0.05) is 39.9 Å². The number of hydrogen-bond acceptors (Lipinski definition) is 6. The number of rotatable bonds is 5. The molecule has 0 amide bonds. The van der Waals surface area contributed by atoms with E-state index in [1.165, 1.54) is 7.11 Å². The number of benzene rings is 2. The second kappa shape index (κ2) is 9.40. The van der Waals surface area contributed by atoms with E-state index in [1.807, 2.05) is 36.4 Å². The number of allylic oxidation sites excluding steroid dienone is 2. The lowest BCUT2D eigenvalue weighted by molar-refractivity contribution is -0.143. The van der Waals surface area contributed by atoms with Gasteiger partial charge in [-0.15, -0.1) is 0 Å². The Labute approximate surface area is 198 Å². The monoisotopic (exact) mass is 467 g/mol. The lowest BCUT2D eigenvalue weighted by atomic mass is 9.69. The van der Waals surface area contributed by atoms with Gasteiger partial charge in [-0.05, 0) is 43.0 Å². The Kier molecular flexibility index (Phi) is 6.56. The molecule has 0 spiro atoms. The van der Waals surface area contributed by atoms with Crippen LogP contribution in [-0.4, -0.2) is 38.8 Å². The number of hydrogen-bond donors (Lipinski definition) is 0. The van der Waals surface area contributed by atoms with Crippen molar-refractivity contribution in [3.63, 3.8) is 0 Å². The SMILES string of the molecule is COC(=O)C1C(C)=NC2=C(C(=O)C[C@@H](c3ccc(Cl)cc3)C2)[C@@H]1c1cccc(OC)c1OC. The maximum Gasteiger partial charge on any atom is 0.315 e. The average Bonchev–Trinajstić information content (AvgIpc) is 2.82. The summed E-state index contributed by atoms with van der Waals surface area (Å²) in [5.74, 6) is -0.759. The molecular formula is C26H26ClNO5. The molecule has 0 N–H and O–H groups in total. The molecule has 1 aliphatic heterocycles. The Hall–Kier alpha value is -3.12. The van der Waals surface area contributed by atoms with Crippen molar-refractivity contribution in [1.82, 2.24) is 0 Å². The quantitative estimate of drug-likeness (QED) is 0.571. The van der Waals surface area contributed by atoms with Gasteiger partial charge < -0.3 is 14.2 Å². The lowest BCUT2D eigenvalue weighted by Crippen LogP contribution is -2.38. The highest BCUT2D eigenvalue weighted by molar-refractivity contribution is 6.30. The van der Waals surface area contributed by atoms with E-state index in [9.17, 15) is 9.59 Å². The first-order chi connectivity index (χ1) is 15.9. The van der Waals surface area contributed by atoms with Gasteiger partial charge in [0.1, 0.15) is 5.92 Å². The van der Waals surface area contributed by atoms with Gasteiger partial charge >= 0.3 is 5.97 Å². The standard InChI is InChI=1S/C26H26ClNO5/c1-14-22(26(30)33-4)23(18-6-5-7-21(31-2)25(18)32-3)24-19(28-14)12-16(13-20(24)29)15-8-10-17(27)11-9-15/h5-11,16,22-23H,12-13H2,1-4H3/t16-,22?,23+/m0/s1. The number of Topliss-reactive ketones (excluding diaryl/α,β-unsaturated/α-hetero) is 1. The highest BCUT2D eigenvalue weighted by Gasteiger charge is 2.45. The molecule has 2 aliphatic rings. The molecule has 0 aromatic heterocycles. The third kappa shape index (κ3) is 4.15. The summed E-state index contributed by atoms with van der Waals surface area (Å²) in [4.78, 5) is 31.2. The number of carbonyl (C=O) groups excluding carboxylic acids is 2. The van der Waals surface area contributed by atoms with E-state index in [-0.39, 0.29) is 11.7 Å². The molecule has 3 atom stereocenters. The Morgan fingerprint density at radius 1 is 1.03 bits per heavy atom. The zero-order valence-corrected chi connectivity index (χ0v) is 19.8. The predicted molar refractivity (Wildman–Crippen MR) is 126 cm³/mol. The van der Waals surface area contributed by atoms with Crippen LogP contribution in [0.5, 0.6) is 11.5 Å². The minimum absolute atomic E-state index is 0.00685. The smallest absolute Gasteiger partial charge is 0.315 e. The molecule has 0 fully saturated rings. The Balaban J connectivity index is 1.87. The predicted octanol–water partition coefficient (Wildman–Crippen LogP) is 5.11. The number of aliphatic imine (C=N–C) groups is 1. The maximum absolute atomic E-state index is 13.6. The van der Waals surface area contributed by atoms with Gasteiger partial charge in [-0.3, -0.25) is 14.6 Å². The summed E-state index contributed by atoms with van der Waals surface area (Å²) >= 11 is 6.04. The second-order valence-electron chi connectivity index (χ2n) is 8.25. The third-order valence-electron chi connectivity index (χ3n) is 6.45. The Morgan fingerprint density at radius 2 is 1.76 bits per heavy atom. The molecule has 0 radical (unpaired) electrons. The Bertz CT molecular complexity index is 1150. The molecule has 0 bridgehead atoms. The van der Waals surface area contributed by atoms with E-state index in [2.05, 4.69) is 0 Å². The van der Waals surface area contributed by atoms with Gasteiger partial charge in [-0.1, -0.05) is 35.9 Å². The third-order valence-corrected chi connectivity index (χ3v) is 6.71. The van der Waals surface area contributed by atoms with Crippen molar-refractivity contribution in [1.29, 1.82) is 0 Å². The summed E-state index contributed by atoms with van der Waals surface area (Å²) in [6, 6.07) is 13.0. The largest absolute Gasteiger partial charge is 0.493 e. The first-order valence-corrected chi connectivity index (χ1v) is 11.1. The molecule has 7 heteroatoms. The summed E-state index contributed by atoms with van der Waals surface area (Å²) in [6.07, 6.45) is 0.919. The zero-order valence-electron chi connectivity index (χ0n) is 19.1. The molecule has 2 aromatic carbocycles. The van der Waals surface area contributed by atoms with Crippen LogP contribution in [0.4, 0.5) is 0 Å². The number of ketones is 1. The summed E-state index contributed by atoms with van der Waals surface area (Å²) in [5, 5.41) is 0.651. The van der Waals surface area contributed by atoms with E-state index < -0.39 is 17.8 Å². The van der Waals surface area contributed by atoms with Crippen LogP contribution in [0.3, 0.4) is 0 Å². The molecule has 172 valence electrons. The van der Waals surface area contributed by atoms with Crippen LogP contribution in [-0.2, 0) is 14.3 Å². The normalized spacial score (nSPS) is 22.4. The number of methoxy groups -OCH3 is 3. The molecule has 1 unspecified atom stereocenters. The van der Waals surface area contributed by atoms with E-state index >= 15 is 0 Å². The van der Waals surface area contributed by atoms with Crippen LogP contribution in [0.2, 0.25) is 5.02 Å².